The van der Waals surface area contributed by atoms with E-state index in [1.807, 2.05) is 60.7 Å². The zero-order chi connectivity index (χ0) is 20.6. The van der Waals surface area contributed by atoms with Crippen LogP contribution in [0.25, 0.3) is 0 Å². The van der Waals surface area contributed by atoms with Crippen LogP contribution in [-0.4, -0.2) is 24.6 Å². The van der Waals surface area contributed by atoms with Crippen molar-refractivity contribution in [2.75, 3.05) is 7.11 Å². The van der Waals surface area contributed by atoms with Gasteiger partial charge in [0.1, 0.15) is 5.78 Å². The first-order chi connectivity index (χ1) is 14.0. The fourth-order valence-corrected chi connectivity index (χ4v) is 3.98. The van der Waals surface area contributed by atoms with Gasteiger partial charge >= 0.3 is 5.97 Å². The molecule has 0 bridgehead atoms. The average molecular weight is 390 g/mol. The zero-order valence-corrected chi connectivity index (χ0v) is 16.7. The van der Waals surface area contributed by atoms with E-state index in [0.717, 1.165) is 16.7 Å². The predicted molar refractivity (Wildman–Crippen MR) is 112 cm³/mol. The van der Waals surface area contributed by atoms with Crippen LogP contribution < -0.4 is 0 Å². The van der Waals surface area contributed by atoms with Crippen LogP contribution >= 0.6 is 0 Å². The quantitative estimate of drug-likeness (QED) is 0.610. The van der Waals surface area contributed by atoms with Gasteiger partial charge in [0.2, 0.25) is 0 Å². The van der Waals surface area contributed by atoms with E-state index in [0.29, 0.717) is 12.8 Å². The van der Waals surface area contributed by atoms with Gasteiger partial charge in [-0.25, -0.2) is 0 Å². The highest BCUT2D eigenvalue weighted by molar-refractivity contribution is 5.93. The summed E-state index contributed by atoms with van der Waals surface area (Å²) in [6.45, 7) is 0. The van der Waals surface area contributed by atoms with E-state index < -0.39 is 0 Å². The summed E-state index contributed by atoms with van der Waals surface area (Å²) in [6.07, 6.45) is 3.50. The van der Waals surface area contributed by atoms with Crippen molar-refractivity contribution in [3.63, 3.8) is 0 Å². The first kappa shape index (κ1) is 20.7. The number of rotatable bonds is 8. The molecule has 0 spiro atoms. The molecule has 0 fully saturated rings. The molecule has 0 amide bonds. The number of Topliss-reactive ketones (excluding diaryl/α,β-unsaturated/α-hetero) is 1. The van der Waals surface area contributed by atoms with E-state index in [-0.39, 0.29) is 48.6 Å². The summed E-state index contributed by atoms with van der Waals surface area (Å²) >= 11 is 0. The Morgan fingerprint density at radius 1 is 0.966 bits per heavy atom. The molecule has 2 aromatic carbocycles. The van der Waals surface area contributed by atoms with E-state index in [4.69, 9.17) is 4.74 Å². The van der Waals surface area contributed by atoms with Crippen LogP contribution in [0.4, 0.5) is 0 Å². The molecule has 2 unspecified atom stereocenters. The third-order valence-electron chi connectivity index (χ3n) is 5.40. The first-order valence-electron chi connectivity index (χ1n) is 9.96. The van der Waals surface area contributed by atoms with Gasteiger partial charge in [0.15, 0.2) is 5.78 Å². The molecule has 0 saturated heterocycles. The third-order valence-corrected chi connectivity index (χ3v) is 5.40. The minimum atomic E-state index is -0.331. The Balaban J connectivity index is 1.67. The smallest absolute Gasteiger partial charge is 0.306 e. The monoisotopic (exact) mass is 390 g/mol. The Hall–Kier alpha value is -3.01. The molecule has 29 heavy (non-hydrogen) atoms. The zero-order valence-electron chi connectivity index (χ0n) is 16.7. The van der Waals surface area contributed by atoms with Crippen LogP contribution in [0.3, 0.4) is 0 Å². The summed E-state index contributed by atoms with van der Waals surface area (Å²) in [5.41, 5.74) is 2.96. The molecule has 0 N–H and O–H groups in total. The maximum absolute atomic E-state index is 12.8. The van der Waals surface area contributed by atoms with E-state index >= 15 is 0 Å². The van der Waals surface area contributed by atoms with Crippen LogP contribution in [0.15, 0.2) is 72.3 Å². The summed E-state index contributed by atoms with van der Waals surface area (Å²) < 4.78 is 4.80. The number of esters is 1. The fraction of sp³-hybridized carbons (Fsp3) is 0.320. The van der Waals surface area contributed by atoms with Crippen molar-refractivity contribution in [3.05, 3.63) is 83.4 Å². The van der Waals surface area contributed by atoms with Crippen molar-refractivity contribution in [1.29, 1.82) is 0 Å². The second-order valence-corrected chi connectivity index (χ2v) is 7.59. The SMILES string of the molecule is COC(=O)CC(CC(=O)CC1=CC(=O)CC(c2ccccc2)C1)c1ccccc1. The van der Waals surface area contributed by atoms with Crippen LogP contribution in [0.5, 0.6) is 0 Å². The lowest BCUT2D eigenvalue weighted by atomic mass is 9.81. The fourth-order valence-electron chi connectivity index (χ4n) is 3.98. The average Bonchev–Trinajstić information content (AvgIpc) is 2.74. The predicted octanol–water partition coefficient (Wildman–Crippen LogP) is 4.76. The standard InChI is InChI=1S/C25H26O4/c1-29-25(28)17-22(20-10-6-3-7-11-20)16-24(27)14-18-12-21(15-23(26)13-18)19-8-4-2-5-9-19/h2-11,13,21-22H,12,14-17H2,1H3. The number of ether oxygens (including phenoxy) is 1. The van der Waals surface area contributed by atoms with Crippen molar-refractivity contribution in [3.8, 4) is 0 Å². The molecule has 3 rings (SSSR count). The number of allylic oxidation sites excluding steroid dienone is 2. The maximum Gasteiger partial charge on any atom is 0.306 e. The minimum absolute atomic E-state index is 0.0375. The summed E-state index contributed by atoms with van der Waals surface area (Å²) in [7, 11) is 1.36. The van der Waals surface area contributed by atoms with E-state index in [2.05, 4.69) is 0 Å². The molecular weight excluding hydrogens is 364 g/mol. The number of carbonyl (C=O) groups is 3. The Bertz CT molecular complexity index is 884. The summed E-state index contributed by atoms with van der Waals surface area (Å²) in [5.74, 6) is -0.321. The molecule has 0 aliphatic heterocycles. The van der Waals surface area contributed by atoms with Gasteiger partial charge < -0.3 is 4.74 Å². The molecule has 2 atom stereocenters. The molecule has 150 valence electrons. The highest BCUT2D eigenvalue weighted by Gasteiger charge is 2.25. The van der Waals surface area contributed by atoms with Crippen LogP contribution in [-0.2, 0) is 19.1 Å². The second kappa shape index (κ2) is 9.97. The highest BCUT2D eigenvalue weighted by atomic mass is 16.5. The molecule has 4 nitrogen and oxygen atoms in total. The number of benzene rings is 2. The summed E-state index contributed by atoms with van der Waals surface area (Å²) in [5, 5.41) is 0. The van der Waals surface area contributed by atoms with Crippen molar-refractivity contribution < 1.29 is 19.1 Å². The van der Waals surface area contributed by atoms with Gasteiger partial charge in [0.25, 0.3) is 0 Å². The Labute approximate surface area is 171 Å². The lowest BCUT2D eigenvalue weighted by Gasteiger charge is -2.23. The molecule has 0 heterocycles. The molecule has 0 aromatic heterocycles. The molecular formula is C25H26O4. The van der Waals surface area contributed by atoms with Gasteiger partial charge in [0.05, 0.1) is 13.5 Å². The van der Waals surface area contributed by atoms with Crippen molar-refractivity contribution in [2.24, 2.45) is 0 Å². The lowest BCUT2D eigenvalue weighted by molar-refractivity contribution is -0.141. The number of hydrogen-bond acceptors (Lipinski definition) is 4. The van der Waals surface area contributed by atoms with Crippen molar-refractivity contribution in [1.82, 2.24) is 0 Å². The molecule has 0 saturated carbocycles. The Morgan fingerprint density at radius 2 is 1.62 bits per heavy atom. The van der Waals surface area contributed by atoms with Gasteiger partial charge in [0, 0.05) is 25.2 Å². The topological polar surface area (TPSA) is 60.4 Å². The largest absolute Gasteiger partial charge is 0.469 e. The van der Waals surface area contributed by atoms with E-state index in [1.165, 1.54) is 7.11 Å². The molecule has 1 aliphatic carbocycles. The number of carbonyl (C=O) groups excluding carboxylic acids is 3. The van der Waals surface area contributed by atoms with Gasteiger partial charge in [-0.1, -0.05) is 66.2 Å². The Morgan fingerprint density at radius 3 is 2.28 bits per heavy atom. The molecule has 2 aromatic rings. The first-order valence-corrected chi connectivity index (χ1v) is 9.96. The van der Waals surface area contributed by atoms with Crippen LogP contribution in [0.2, 0.25) is 0 Å². The van der Waals surface area contributed by atoms with Crippen LogP contribution in [0.1, 0.15) is 55.1 Å². The second-order valence-electron chi connectivity index (χ2n) is 7.59. The van der Waals surface area contributed by atoms with Gasteiger partial charge in [-0.3, -0.25) is 14.4 Å². The molecule has 1 aliphatic rings. The van der Waals surface area contributed by atoms with Gasteiger partial charge in [-0.15, -0.1) is 0 Å². The molecule has 4 heteroatoms. The number of hydrogen-bond donors (Lipinski definition) is 0. The maximum atomic E-state index is 12.8. The number of methoxy groups -OCH3 is 1. The van der Waals surface area contributed by atoms with Crippen LogP contribution in [0, 0.1) is 0 Å². The Kier molecular flexibility index (Phi) is 7.12. The normalized spacial score (nSPS) is 17.3. The van der Waals surface area contributed by atoms with Gasteiger partial charge in [-0.05, 0) is 29.5 Å². The third kappa shape index (κ3) is 5.98. The van der Waals surface area contributed by atoms with Crippen molar-refractivity contribution in [2.45, 2.75) is 43.9 Å². The summed E-state index contributed by atoms with van der Waals surface area (Å²) in [4.78, 5) is 36.8. The van der Waals surface area contributed by atoms with E-state index in [1.54, 1.807) is 6.08 Å². The lowest BCUT2D eigenvalue weighted by Crippen LogP contribution is -2.17. The summed E-state index contributed by atoms with van der Waals surface area (Å²) in [6, 6.07) is 19.5. The highest BCUT2D eigenvalue weighted by Crippen LogP contribution is 2.33. The van der Waals surface area contributed by atoms with Crippen molar-refractivity contribution >= 4 is 17.5 Å². The van der Waals surface area contributed by atoms with Gasteiger partial charge in [-0.2, -0.15) is 0 Å². The number of ketones is 2. The van der Waals surface area contributed by atoms with E-state index in [9.17, 15) is 14.4 Å². The minimum Gasteiger partial charge on any atom is -0.469 e. The molecule has 0 radical (unpaired) electrons.